The summed E-state index contributed by atoms with van der Waals surface area (Å²) in [6, 6.07) is 4.38. The largest absolute Gasteiger partial charge is 0.332 e. The van der Waals surface area contributed by atoms with E-state index < -0.39 is 0 Å². The molecule has 3 N–H and O–H groups in total. The lowest BCUT2D eigenvalue weighted by molar-refractivity contribution is -0.910. The van der Waals surface area contributed by atoms with Gasteiger partial charge >= 0.3 is 6.03 Å². The SMILES string of the molecule is O=C(C[NH+]1CCC[C@H]1c1cccs1)NC(=O)NC12CC3CC(CC(C3)C1)C2. The normalized spacial score (nSPS) is 39.5. The molecular formula is C21H30N3O2S+. The fourth-order valence-electron chi connectivity index (χ4n) is 6.87. The summed E-state index contributed by atoms with van der Waals surface area (Å²) in [5.74, 6) is 2.21. The first kappa shape index (κ1) is 17.7. The van der Waals surface area contributed by atoms with E-state index in [9.17, 15) is 9.59 Å². The van der Waals surface area contributed by atoms with Crippen molar-refractivity contribution in [1.82, 2.24) is 10.6 Å². The number of likely N-dealkylation sites (tertiary alicyclic amines) is 1. The third-order valence-corrected chi connectivity index (χ3v) is 8.41. The number of imide groups is 1. The Kier molecular flexibility index (Phi) is 4.51. The molecule has 5 fully saturated rings. The summed E-state index contributed by atoms with van der Waals surface area (Å²) in [5, 5.41) is 7.98. The van der Waals surface area contributed by atoms with Gasteiger partial charge in [-0.2, -0.15) is 0 Å². The molecule has 1 aliphatic heterocycles. The maximum Gasteiger partial charge on any atom is 0.322 e. The third kappa shape index (κ3) is 3.54. The van der Waals surface area contributed by atoms with Crippen molar-refractivity contribution in [2.24, 2.45) is 17.8 Å². The number of urea groups is 1. The Morgan fingerprint density at radius 2 is 1.85 bits per heavy atom. The predicted octanol–water partition coefficient (Wildman–Crippen LogP) is 2.26. The van der Waals surface area contributed by atoms with Crippen molar-refractivity contribution in [2.45, 2.75) is 62.9 Å². The molecule has 0 spiro atoms. The van der Waals surface area contributed by atoms with Gasteiger partial charge in [0.25, 0.3) is 5.91 Å². The molecule has 6 heteroatoms. The number of carbonyl (C=O) groups is 2. The molecule has 4 saturated carbocycles. The van der Waals surface area contributed by atoms with Crippen LogP contribution in [0.15, 0.2) is 17.5 Å². The number of amides is 3. The summed E-state index contributed by atoms with van der Waals surface area (Å²) < 4.78 is 0. The van der Waals surface area contributed by atoms with Crippen molar-refractivity contribution in [2.75, 3.05) is 13.1 Å². The van der Waals surface area contributed by atoms with Crippen molar-refractivity contribution in [3.05, 3.63) is 22.4 Å². The van der Waals surface area contributed by atoms with Gasteiger partial charge in [0, 0.05) is 18.4 Å². The number of rotatable bonds is 4. The molecule has 4 aliphatic carbocycles. The standard InChI is InChI=1S/C21H29N3O2S/c25-19(13-24-5-1-3-17(24)18-4-2-6-27-18)22-20(26)23-21-10-14-7-15(11-21)9-16(8-14)12-21/h2,4,6,14-17H,1,3,5,7-13H2,(H2,22,23,25,26)/p+1/t14?,15?,16?,17-,21?/m0/s1. The number of nitrogens with one attached hydrogen (secondary N) is 3. The molecule has 5 nitrogen and oxygen atoms in total. The average Bonchev–Trinajstić information content (AvgIpc) is 3.23. The van der Waals surface area contributed by atoms with Crippen molar-refractivity contribution in [1.29, 1.82) is 0 Å². The van der Waals surface area contributed by atoms with Gasteiger partial charge in [-0.05, 0) is 67.7 Å². The van der Waals surface area contributed by atoms with Crippen molar-refractivity contribution in [3.8, 4) is 0 Å². The quantitative estimate of drug-likeness (QED) is 0.741. The molecule has 0 aromatic carbocycles. The zero-order valence-electron chi connectivity index (χ0n) is 15.8. The lowest BCUT2D eigenvalue weighted by atomic mass is 9.53. The van der Waals surface area contributed by atoms with E-state index in [0.717, 1.165) is 56.4 Å². The smallest absolute Gasteiger partial charge is 0.322 e. The molecule has 5 aliphatic rings. The molecule has 1 aromatic heterocycles. The van der Waals surface area contributed by atoms with Crippen LogP contribution in [0.5, 0.6) is 0 Å². The maximum absolute atomic E-state index is 12.6. The average molecular weight is 389 g/mol. The molecule has 4 bridgehead atoms. The van der Waals surface area contributed by atoms with Crippen molar-refractivity contribution < 1.29 is 14.5 Å². The monoisotopic (exact) mass is 388 g/mol. The van der Waals surface area contributed by atoms with Crippen molar-refractivity contribution >= 4 is 23.3 Å². The topological polar surface area (TPSA) is 62.6 Å². The van der Waals surface area contributed by atoms with E-state index in [-0.39, 0.29) is 17.5 Å². The van der Waals surface area contributed by atoms with Crippen LogP contribution in [0.2, 0.25) is 0 Å². The summed E-state index contributed by atoms with van der Waals surface area (Å²) >= 11 is 1.77. The van der Waals surface area contributed by atoms with Gasteiger partial charge in [0.1, 0.15) is 6.04 Å². The lowest BCUT2D eigenvalue weighted by Gasteiger charge is -2.56. The first-order chi connectivity index (χ1) is 13.1. The predicted molar refractivity (Wildman–Crippen MR) is 105 cm³/mol. The number of hydrogen-bond acceptors (Lipinski definition) is 3. The first-order valence-electron chi connectivity index (χ1n) is 10.6. The van der Waals surface area contributed by atoms with Gasteiger partial charge in [-0.1, -0.05) is 6.07 Å². The molecule has 2 atom stereocenters. The summed E-state index contributed by atoms with van der Waals surface area (Å²) in [6.07, 6.45) is 9.65. The van der Waals surface area contributed by atoms with Gasteiger partial charge in [0.15, 0.2) is 6.54 Å². The highest BCUT2D eigenvalue weighted by atomic mass is 32.1. The van der Waals surface area contributed by atoms with E-state index in [2.05, 4.69) is 28.1 Å². The Morgan fingerprint density at radius 3 is 2.48 bits per heavy atom. The minimum atomic E-state index is -0.270. The van der Waals surface area contributed by atoms with E-state index in [1.807, 2.05) is 0 Å². The van der Waals surface area contributed by atoms with Crippen LogP contribution in [-0.4, -0.2) is 30.6 Å². The highest BCUT2D eigenvalue weighted by molar-refractivity contribution is 7.10. The molecule has 3 amide bonds. The van der Waals surface area contributed by atoms with Crippen LogP contribution >= 0.6 is 11.3 Å². The molecule has 1 unspecified atom stereocenters. The van der Waals surface area contributed by atoms with Gasteiger partial charge in [0.05, 0.1) is 11.4 Å². The summed E-state index contributed by atoms with van der Waals surface area (Å²) in [4.78, 5) is 27.7. The number of thiophene rings is 1. The molecule has 1 aromatic rings. The Hall–Kier alpha value is -1.40. The van der Waals surface area contributed by atoms with Crippen LogP contribution in [0.1, 0.15) is 62.3 Å². The van der Waals surface area contributed by atoms with E-state index in [0.29, 0.717) is 12.6 Å². The van der Waals surface area contributed by atoms with Gasteiger partial charge in [-0.15, -0.1) is 11.3 Å². The zero-order chi connectivity index (χ0) is 18.4. The second-order valence-corrected chi connectivity index (χ2v) is 10.5. The summed E-state index contributed by atoms with van der Waals surface area (Å²) in [6.45, 7) is 1.39. The molecule has 1 saturated heterocycles. The first-order valence-corrected chi connectivity index (χ1v) is 11.5. The Labute approximate surface area is 164 Å². The van der Waals surface area contributed by atoms with Crippen LogP contribution in [0.4, 0.5) is 4.79 Å². The minimum absolute atomic E-state index is 0.0425. The highest BCUT2D eigenvalue weighted by Crippen LogP contribution is 2.55. The van der Waals surface area contributed by atoms with Crippen LogP contribution in [0, 0.1) is 17.8 Å². The summed E-state index contributed by atoms with van der Waals surface area (Å²) in [5.41, 5.74) is -0.0425. The van der Waals surface area contributed by atoms with Gasteiger partial charge < -0.3 is 10.2 Å². The minimum Gasteiger partial charge on any atom is -0.332 e. The second-order valence-electron chi connectivity index (χ2n) is 9.50. The Balaban J connectivity index is 1.16. The molecule has 6 rings (SSSR count). The molecule has 27 heavy (non-hydrogen) atoms. The Bertz CT molecular complexity index is 682. The summed E-state index contributed by atoms with van der Waals surface area (Å²) in [7, 11) is 0. The van der Waals surface area contributed by atoms with E-state index >= 15 is 0 Å². The molecular weight excluding hydrogens is 358 g/mol. The van der Waals surface area contributed by atoms with Gasteiger partial charge in [-0.3, -0.25) is 10.1 Å². The third-order valence-electron chi connectivity index (χ3n) is 7.43. The number of hydrogen-bond donors (Lipinski definition) is 3. The van der Waals surface area contributed by atoms with Crippen LogP contribution in [0.3, 0.4) is 0 Å². The van der Waals surface area contributed by atoms with Crippen LogP contribution < -0.4 is 15.5 Å². The van der Waals surface area contributed by atoms with E-state index in [1.165, 1.54) is 29.0 Å². The fraction of sp³-hybridized carbons (Fsp3) is 0.714. The second kappa shape index (κ2) is 6.89. The zero-order valence-corrected chi connectivity index (χ0v) is 16.7. The van der Waals surface area contributed by atoms with Gasteiger partial charge in [0.2, 0.25) is 0 Å². The molecule has 2 heterocycles. The van der Waals surface area contributed by atoms with E-state index in [1.54, 1.807) is 11.3 Å². The highest BCUT2D eigenvalue weighted by Gasteiger charge is 2.51. The fourth-order valence-corrected chi connectivity index (χ4v) is 7.79. The maximum atomic E-state index is 12.6. The Morgan fingerprint density at radius 1 is 1.15 bits per heavy atom. The molecule has 146 valence electrons. The van der Waals surface area contributed by atoms with Crippen LogP contribution in [-0.2, 0) is 4.79 Å². The molecule has 0 radical (unpaired) electrons. The van der Waals surface area contributed by atoms with Gasteiger partial charge in [-0.25, -0.2) is 4.79 Å². The number of quaternary nitrogens is 1. The van der Waals surface area contributed by atoms with Crippen molar-refractivity contribution in [3.63, 3.8) is 0 Å². The van der Waals surface area contributed by atoms with Crippen LogP contribution in [0.25, 0.3) is 0 Å². The van der Waals surface area contributed by atoms with E-state index in [4.69, 9.17) is 0 Å². The number of carbonyl (C=O) groups excluding carboxylic acids is 2. The lowest BCUT2D eigenvalue weighted by Crippen LogP contribution is -3.11.